The Morgan fingerprint density at radius 2 is 1.94 bits per heavy atom. The van der Waals surface area contributed by atoms with Crippen LogP contribution in [0.1, 0.15) is 46.0 Å². The maximum absolute atomic E-state index is 3.60. The van der Waals surface area contributed by atoms with E-state index in [4.69, 9.17) is 0 Å². The summed E-state index contributed by atoms with van der Waals surface area (Å²) in [5, 5.41) is 3.60. The zero-order valence-electron chi connectivity index (χ0n) is 11.0. The molecule has 2 heteroatoms. The number of piperazine rings is 1. The number of nitrogens with one attached hydrogen (secondary N) is 1. The van der Waals surface area contributed by atoms with Crippen LogP contribution in [0.4, 0.5) is 0 Å². The van der Waals surface area contributed by atoms with Gasteiger partial charge in [0.25, 0.3) is 0 Å². The van der Waals surface area contributed by atoms with E-state index < -0.39 is 0 Å². The van der Waals surface area contributed by atoms with Crippen molar-refractivity contribution in [3.05, 3.63) is 0 Å². The molecule has 1 saturated heterocycles. The van der Waals surface area contributed by atoms with E-state index in [9.17, 15) is 0 Å². The van der Waals surface area contributed by atoms with E-state index >= 15 is 0 Å². The highest BCUT2D eigenvalue weighted by atomic mass is 15.2. The number of nitrogens with zero attached hydrogens (tertiary/aromatic N) is 1. The van der Waals surface area contributed by atoms with E-state index in [1.807, 2.05) is 0 Å². The largest absolute Gasteiger partial charge is 0.311 e. The third kappa shape index (κ3) is 3.46. The van der Waals surface area contributed by atoms with Crippen molar-refractivity contribution in [2.45, 2.75) is 52.0 Å². The average molecular weight is 224 g/mol. The molecule has 2 fully saturated rings. The molecular formula is C14H28N2. The summed E-state index contributed by atoms with van der Waals surface area (Å²) in [4.78, 5) is 2.70. The van der Waals surface area contributed by atoms with Crippen molar-refractivity contribution in [1.82, 2.24) is 10.2 Å². The molecule has 1 aliphatic heterocycles. The first-order chi connectivity index (χ1) is 7.78. The lowest BCUT2D eigenvalue weighted by atomic mass is 9.82. The molecule has 0 aromatic heterocycles. The summed E-state index contributed by atoms with van der Waals surface area (Å²) in [6.07, 6.45) is 7.16. The Morgan fingerprint density at radius 3 is 2.62 bits per heavy atom. The topological polar surface area (TPSA) is 15.3 Å². The molecule has 0 radical (unpaired) electrons. The summed E-state index contributed by atoms with van der Waals surface area (Å²) in [5.41, 5.74) is 0. The van der Waals surface area contributed by atoms with Crippen molar-refractivity contribution < 1.29 is 0 Å². The van der Waals surface area contributed by atoms with Crippen molar-refractivity contribution in [3.63, 3.8) is 0 Å². The molecule has 1 atom stereocenters. The van der Waals surface area contributed by atoms with Gasteiger partial charge in [0.2, 0.25) is 0 Å². The summed E-state index contributed by atoms with van der Waals surface area (Å²) in [6.45, 7) is 9.81. The Hall–Kier alpha value is -0.0800. The summed E-state index contributed by atoms with van der Waals surface area (Å²) in [7, 11) is 0. The molecule has 0 amide bonds. The van der Waals surface area contributed by atoms with Gasteiger partial charge in [-0.1, -0.05) is 26.7 Å². The van der Waals surface area contributed by atoms with Crippen molar-refractivity contribution >= 4 is 0 Å². The van der Waals surface area contributed by atoms with Crippen molar-refractivity contribution in [2.24, 2.45) is 11.8 Å². The minimum atomic E-state index is 0.747. The average Bonchev–Trinajstić information content (AvgIpc) is 2.32. The van der Waals surface area contributed by atoms with Gasteiger partial charge >= 0.3 is 0 Å². The normalized spacial score (nSPS) is 37.5. The van der Waals surface area contributed by atoms with Crippen LogP contribution in [0.5, 0.6) is 0 Å². The first-order valence-corrected chi connectivity index (χ1v) is 7.23. The first-order valence-electron chi connectivity index (χ1n) is 7.23. The van der Waals surface area contributed by atoms with Gasteiger partial charge in [0.05, 0.1) is 0 Å². The molecule has 1 saturated carbocycles. The predicted molar refractivity (Wildman–Crippen MR) is 69.6 cm³/mol. The molecule has 1 aliphatic carbocycles. The fourth-order valence-corrected chi connectivity index (χ4v) is 3.21. The van der Waals surface area contributed by atoms with Gasteiger partial charge in [-0.25, -0.2) is 0 Å². The predicted octanol–water partition coefficient (Wildman–Crippen LogP) is 2.50. The van der Waals surface area contributed by atoms with Crippen LogP contribution < -0.4 is 5.32 Å². The van der Waals surface area contributed by atoms with Crippen LogP contribution >= 0.6 is 0 Å². The molecule has 0 aromatic carbocycles. The second-order valence-corrected chi connectivity index (χ2v) is 5.94. The Bertz CT molecular complexity index is 197. The monoisotopic (exact) mass is 224 g/mol. The molecule has 0 bridgehead atoms. The molecule has 94 valence electrons. The summed E-state index contributed by atoms with van der Waals surface area (Å²) < 4.78 is 0. The fourth-order valence-electron chi connectivity index (χ4n) is 3.21. The van der Waals surface area contributed by atoms with Gasteiger partial charge in [-0.2, -0.15) is 0 Å². The smallest absolute Gasteiger partial charge is 0.0192 e. The van der Waals surface area contributed by atoms with E-state index in [0.29, 0.717) is 0 Å². The van der Waals surface area contributed by atoms with Gasteiger partial charge in [0.1, 0.15) is 0 Å². The summed E-state index contributed by atoms with van der Waals surface area (Å²) >= 11 is 0. The highest BCUT2D eigenvalue weighted by Gasteiger charge is 2.23. The molecule has 0 aromatic rings. The summed E-state index contributed by atoms with van der Waals surface area (Å²) in [6, 6.07) is 0.747. The Kier molecular flexibility index (Phi) is 4.66. The Morgan fingerprint density at radius 1 is 1.19 bits per heavy atom. The van der Waals surface area contributed by atoms with Crippen LogP contribution in [-0.4, -0.2) is 37.1 Å². The lowest BCUT2D eigenvalue weighted by Gasteiger charge is -2.37. The van der Waals surface area contributed by atoms with Crippen LogP contribution in [0.2, 0.25) is 0 Å². The van der Waals surface area contributed by atoms with E-state index in [-0.39, 0.29) is 0 Å². The SMILES string of the molecule is CCC1CN(CC2CCC(C)CC2)CCN1. The van der Waals surface area contributed by atoms with Crippen LogP contribution in [0.15, 0.2) is 0 Å². The Balaban J connectivity index is 1.72. The zero-order valence-corrected chi connectivity index (χ0v) is 11.0. The number of hydrogen-bond donors (Lipinski definition) is 1. The standard InChI is InChI=1S/C14H28N2/c1-3-14-11-16(9-8-15-14)10-13-6-4-12(2)5-7-13/h12-15H,3-11H2,1-2H3. The van der Waals surface area contributed by atoms with Crippen LogP contribution in [0.25, 0.3) is 0 Å². The van der Waals surface area contributed by atoms with Crippen LogP contribution in [-0.2, 0) is 0 Å². The molecule has 2 nitrogen and oxygen atoms in total. The minimum Gasteiger partial charge on any atom is -0.311 e. The third-order valence-corrected chi connectivity index (χ3v) is 4.48. The molecule has 2 aliphatic rings. The lowest BCUT2D eigenvalue weighted by molar-refractivity contribution is 0.146. The van der Waals surface area contributed by atoms with Crippen LogP contribution in [0, 0.1) is 11.8 Å². The number of hydrogen-bond acceptors (Lipinski definition) is 2. The van der Waals surface area contributed by atoms with Crippen molar-refractivity contribution in [3.8, 4) is 0 Å². The maximum Gasteiger partial charge on any atom is 0.0192 e. The van der Waals surface area contributed by atoms with E-state index in [2.05, 4.69) is 24.1 Å². The molecule has 16 heavy (non-hydrogen) atoms. The third-order valence-electron chi connectivity index (χ3n) is 4.48. The van der Waals surface area contributed by atoms with E-state index in [0.717, 1.165) is 17.9 Å². The second-order valence-electron chi connectivity index (χ2n) is 5.94. The van der Waals surface area contributed by atoms with Crippen molar-refractivity contribution in [2.75, 3.05) is 26.2 Å². The molecule has 1 N–H and O–H groups in total. The fraction of sp³-hybridized carbons (Fsp3) is 1.00. The molecule has 0 spiro atoms. The first kappa shape index (κ1) is 12.4. The Labute approximate surface area is 101 Å². The van der Waals surface area contributed by atoms with Gasteiger partial charge in [-0.05, 0) is 31.1 Å². The van der Waals surface area contributed by atoms with E-state index in [1.54, 1.807) is 0 Å². The van der Waals surface area contributed by atoms with Gasteiger partial charge in [0, 0.05) is 32.2 Å². The quantitative estimate of drug-likeness (QED) is 0.792. The highest BCUT2D eigenvalue weighted by molar-refractivity contribution is 4.80. The molecule has 1 heterocycles. The van der Waals surface area contributed by atoms with Gasteiger partial charge < -0.3 is 10.2 Å². The zero-order chi connectivity index (χ0) is 11.4. The minimum absolute atomic E-state index is 0.747. The van der Waals surface area contributed by atoms with Gasteiger partial charge in [-0.15, -0.1) is 0 Å². The second kappa shape index (κ2) is 6.02. The molecule has 2 rings (SSSR count). The number of rotatable bonds is 3. The highest BCUT2D eigenvalue weighted by Crippen LogP contribution is 2.28. The lowest BCUT2D eigenvalue weighted by Crippen LogP contribution is -2.51. The molecular weight excluding hydrogens is 196 g/mol. The van der Waals surface area contributed by atoms with Crippen molar-refractivity contribution in [1.29, 1.82) is 0 Å². The molecule has 1 unspecified atom stereocenters. The van der Waals surface area contributed by atoms with Gasteiger partial charge in [-0.3, -0.25) is 0 Å². The van der Waals surface area contributed by atoms with Gasteiger partial charge in [0.15, 0.2) is 0 Å². The van der Waals surface area contributed by atoms with E-state index in [1.165, 1.54) is 58.3 Å². The summed E-state index contributed by atoms with van der Waals surface area (Å²) in [5.74, 6) is 1.98. The maximum atomic E-state index is 3.60. The van der Waals surface area contributed by atoms with Crippen LogP contribution in [0.3, 0.4) is 0 Å².